The molecule has 1 aromatic rings. The molecule has 0 aromatic carbocycles. The van der Waals surface area contributed by atoms with Crippen LogP contribution in [0.25, 0.3) is 0 Å². The quantitative estimate of drug-likeness (QED) is 0.275. The molecule has 124 valence electrons. The molecule has 1 amide bonds. The predicted octanol–water partition coefficient (Wildman–Crippen LogP) is 0.971. The summed E-state index contributed by atoms with van der Waals surface area (Å²) in [6, 6.07) is 3.31. The van der Waals surface area contributed by atoms with Crippen molar-refractivity contribution in [3.05, 3.63) is 24.2 Å². The average molecular weight is 422 g/mol. The topological polar surface area (TPSA) is 87.9 Å². The summed E-state index contributed by atoms with van der Waals surface area (Å²) < 4.78 is 10.5. The van der Waals surface area contributed by atoms with Gasteiger partial charge in [-0.05, 0) is 25.0 Å². The minimum Gasteiger partial charge on any atom is -0.459 e. The first-order valence-electron chi connectivity index (χ1n) is 7.17. The summed E-state index contributed by atoms with van der Waals surface area (Å²) in [5.41, 5.74) is 0. The van der Waals surface area contributed by atoms with Crippen molar-refractivity contribution in [3.63, 3.8) is 0 Å². The van der Waals surface area contributed by atoms with Crippen molar-refractivity contribution in [2.45, 2.75) is 18.9 Å². The van der Waals surface area contributed by atoms with E-state index in [1.807, 2.05) is 0 Å². The Hall–Kier alpha value is -1.29. The summed E-state index contributed by atoms with van der Waals surface area (Å²) in [5, 5.41) is 9.10. The number of nitrogens with zero attached hydrogens (tertiary/aromatic N) is 1. The smallest absolute Gasteiger partial charge is 0.287 e. The zero-order chi connectivity index (χ0) is 14.9. The summed E-state index contributed by atoms with van der Waals surface area (Å²) in [6.07, 6.45) is 3.95. The molecule has 8 heteroatoms. The number of amides is 1. The van der Waals surface area contributed by atoms with E-state index >= 15 is 0 Å². The van der Waals surface area contributed by atoms with Crippen molar-refractivity contribution < 1.29 is 13.9 Å². The summed E-state index contributed by atoms with van der Waals surface area (Å²) in [4.78, 5) is 15.7. The number of ether oxygens (including phenoxy) is 1. The fraction of sp³-hybridized carbons (Fsp3) is 0.571. The molecule has 22 heavy (non-hydrogen) atoms. The number of rotatable bonds is 6. The molecule has 0 radical (unpaired) electrons. The van der Waals surface area contributed by atoms with Crippen molar-refractivity contribution in [3.8, 4) is 0 Å². The maximum atomic E-state index is 11.6. The number of guanidine groups is 1. The summed E-state index contributed by atoms with van der Waals surface area (Å²) in [7, 11) is 1.71. The molecule has 1 aliphatic heterocycles. The van der Waals surface area contributed by atoms with Gasteiger partial charge in [0.25, 0.3) is 5.91 Å². The monoisotopic (exact) mass is 422 g/mol. The van der Waals surface area contributed by atoms with E-state index in [4.69, 9.17) is 9.15 Å². The second-order valence-corrected chi connectivity index (χ2v) is 4.75. The molecule has 7 nitrogen and oxygen atoms in total. The summed E-state index contributed by atoms with van der Waals surface area (Å²) in [5.74, 6) is 0.803. The predicted molar refractivity (Wildman–Crippen MR) is 94.8 cm³/mol. The van der Waals surface area contributed by atoms with Crippen LogP contribution in [0.3, 0.4) is 0 Å². The molecule has 0 saturated carbocycles. The summed E-state index contributed by atoms with van der Waals surface area (Å²) >= 11 is 0. The van der Waals surface area contributed by atoms with Gasteiger partial charge in [-0.15, -0.1) is 24.0 Å². The van der Waals surface area contributed by atoms with Crippen LogP contribution in [-0.4, -0.2) is 51.3 Å². The lowest BCUT2D eigenvalue weighted by atomic mass is 10.2. The average Bonchev–Trinajstić information content (AvgIpc) is 3.19. The van der Waals surface area contributed by atoms with Crippen molar-refractivity contribution in [2.75, 3.05) is 33.3 Å². The molecule has 3 N–H and O–H groups in total. The molecule has 2 heterocycles. The van der Waals surface area contributed by atoms with Gasteiger partial charge in [-0.25, -0.2) is 0 Å². The number of hydrogen-bond acceptors (Lipinski definition) is 4. The van der Waals surface area contributed by atoms with E-state index in [9.17, 15) is 4.79 Å². The van der Waals surface area contributed by atoms with Gasteiger partial charge in [0.15, 0.2) is 11.7 Å². The molecule has 0 bridgehead atoms. The first-order chi connectivity index (χ1) is 10.3. The maximum Gasteiger partial charge on any atom is 0.287 e. The van der Waals surface area contributed by atoms with Gasteiger partial charge in [-0.3, -0.25) is 9.79 Å². The highest BCUT2D eigenvalue weighted by atomic mass is 127. The van der Waals surface area contributed by atoms with Crippen LogP contribution in [0, 0.1) is 0 Å². The van der Waals surface area contributed by atoms with Gasteiger partial charge in [-0.2, -0.15) is 0 Å². The fourth-order valence-corrected chi connectivity index (χ4v) is 2.09. The summed E-state index contributed by atoms with van der Waals surface area (Å²) in [6.45, 7) is 2.66. The van der Waals surface area contributed by atoms with Crippen LogP contribution < -0.4 is 16.0 Å². The van der Waals surface area contributed by atoms with Crippen molar-refractivity contribution in [1.29, 1.82) is 0 Å². The van der Waals surface area contributed by atoms with Crippen LogP contribution in [0.5, 0.6) is 0 Å². The molecule has 1 unspecified atom stereocenters. The number of carbonyl (C=O) groups excluding carboxylic acids is 1. The Kier molecular flexibility index (Phi) is 8.90. The van der Waals surface area contributed by atoms with Crippen LogP contribution in [0.2, 0.25) is 0 Å². The van der Waals surface area contributed by atoms with E-state index in [1.54, 1.807) is 19.2 Å². The highest BCUT2D eigenvalue weighted by Crippen LogP contribution is 2.10. The molecule has 1 aromatic heterocycles. The second-order valence-electron chi connectivity index (χ2n) is 4.75. The first kappa shape index (κ1) is 18.8. The zero-order valence-corrected chi connectivity index (χ0v) is 15.0. The van der Waals surface area contributed by atoms with Gasteiger partial charge in [0, 0.05) is 33.3 Å². The van der Waals surface area contributed by atoms with E-state index in [2.05, 4.69) is 20.9 Å². The van der Waals surface area contributed by atoms with Crippen molar-refractivity contribution >= 4 is 35.8 Å². The van der Waals surface area contributed by atoms with Crippen molar-refractivity contribution in [2.24, 2.45) is 4.99 Å². The van der Waals surface area contributed by atoms with Gasteiger partial charge >= 0.3 is 0 Å². The SMILES string of the molecule is CN=C(NCCNC(=O)c1ccco1)NCC1CCCO1.I. The van der Waals surface area contributed by atoms with Gasteiger partial charge in [0.2, 0.25) is 0 Å². The van der Waals surface area contributed by atoms with E-state index in [0.717, 1.165) is 26.0 Å². The van der Waals surface area contributed by atoms with Gasteiger partial charge in [0.1, 0.15) is 0 Å². The third kappa shape index (κ3) is 6.22. The lowest BCUT2D eigenvalue weighted by Crippen LogP contribution is -2.43. The Labute approximate surface area is 147 Å². The molecule has 0 spiro atoms. The van der Waals surface area contributed by atoms with Crippen molar-refractivity contribution in [1.82, 2.24) is 16.0 Å². The Balaban J connectivity index is 0.00000242. The number of furan rings is 1. The van der Waals surface area contributed by atoms with Crippen LogP contribution >= 0.6 is 24.0 Å². The van der Waals surface area contributed by atoms with E-state index in [1.165, 1.54) is 6.26 Å². The largest absolute Gasteiger partial charge is 0.459 e. The third-order valence-electron chi connectivity index (χ3n) is 3.19. The van der Waals surface area contributed by atoms with Crippen LogP contribution in [0.4, 0.5) is 0 Å². The molecule has 0 aliphatic carbocycles. The van der Waals surface area contributed by atoms with E-state index in [0.29, 0.717) is 24.8 Å². The Morgan fingerprint density at radius 1 is 1.36 bits per heavy atom. The molecular formula is C14H23IN4O3. The standard InChI is InChI=1S/C14H22N4O3.HI/c1-15-14(18-10-11-4-2-8-20-11)17-7-6-16-13(19)12-5-3-9-21-12;/h3,5,9,11H,2,4,6-8,10H2,1H3,(H,16,19)(H2,15,17,18);1H. The van der Waals surface area contributed by atoms with E-state index < -0.39 is 0 Å². The molecule has 2 rings (SSSR count). The van der Waals surface area contributed by atoms with Gasteiger partial charge < -0.3 is 25.1 Å². The van der Waals surface area contributed by atoms with Crippen LogP contribution in [-0.2, 0) is 4.74 Å². The zero-order valence-electron chi connectivity index (χ0n) is 12.6. The fourth-order valence-electron chi connectivity index (χ4n) is 2.09. The Morgan fingerprint density at radius 2 is 2.18 bits per heavy atom. The minimum atomic E-state index is -0.218. The number of halogens is 1. The minimum absolute atomic E-state index is 0. The second kappa shape index (κ2) is 10.4. The number of nitrogens with one attached hydrogen (secondary N) is 3. The highest BCUT2D eigenvalue weighted by Gasteiger charge is 2.15. The Bertz CT molecular complexity index is 459. The first-order valence-corrected chi connectivity index (χ1v) is 7.17. The third-order valence-corrected chi connectivity index (χ3v) is 3.19. The normalized spacial score (nSPS) is 17.7. The number of hydrogen-bond donors (Lipinski definition) is 3. The van der Waals surface area contributed by atoms with E-state index in [-0.39, 0.29) is 36.0 Å². The molecule has 1 aliphatic rings. The van der Waals surface area contributed by atoms with Gasteiger partial charge in [0.05, 0.1) is 12.4 Å². The van der Waals surface area contributed by atoms with Crippen LogP contribution in [0.15, 0.2) is 27.8 Å². The maximum absolute atomic E-state index is 11.6. The molecule has 1 fully saturated rings. The number of carbonyl (C=O) groups is 1. The van der Waals surface area contributed by atoms with Gasteiger partial charge in [-0.1, -0.05) is 0 Å². The number of aliphatic imine (C=N–C) groups is 1. The molecule has 1 atom stereocenters. The molecular weight excluding hydrogens is 399 g/mol. The lowest BCUT2D eigenvalue weighted by molar-refractivity contribution is 0.0926. The van der Waals surface area contributed by atoms with Crippen LogP contribution in [0.1, 0.15) is 23.4 Å². The Morgan fingerprint density at radius 3 is 2.82 bits per heavy atom. The lowest BCUT2D eigenvalue weighted by Gasteiger charge is -2.15. The molecule has 1 saturated heterocycles. The highest BCUT2D eigenvalue weighted by molar-refractivity contribution is 14.0.